The van der Waals surface area contributed by atoms with E-state index in [9.17, 15) is 4.79 Å². The summed E-state index contributed by atoms with van der Waals surface area (Å²) in [6, 6.07) is 51.7. The minimum absolute atomic E-state index is 0.268. The fourth-order valence-corrected chi connectivity index (χ4v) is 9.19. The smallest absolute Gasteiger partial charge is 0.343 e. The Morgan fingerprint density at radius 1 is 0.661 bits per heavy atom. The summed E-state index contributed by atoms with van der Waals surface area (Å²) in [5.74, 6) is 0.658. The Labute approximate surface area is 344 Å². The molecule has 1 saturated carbocycles. The molecule has 0 saturated heterocycles. The van der Waals surface area contributed by atoms with Crippen LogP contribution >= 0.6 is 0 Å². The number of fused-ring (bicyclic) bond motifs is 3. The molecule has 0 bridgehead atoms. The Morgan fingerprint density at radius 3 is 2.08 bits per heavy atom. The first-order valence-electron chi connectivity index (χ1n) is 20.7. The second-order valence-electron chi connectivity index (χ2n) is 15.8. The maximum Gasteiger partial charge on any atom is 0.343 e. The van der Waals surface area contributed by atoms with Crippen LogP contribution in [0.1, 0.15) is 82.2 Å². The molecule has 0 unspecified atom stereocenters. The SMILES string of the molecule is Cc1c(-c2ccccc2)nc2ccc(-c3nc4c(C(c5ccccc5)c5ccccc5)c(C(=O)Oc5ccc6ncccc6c5)ccc4n3C3CCCCC3)cc2c1C. The lowest BCUT2D eigenvalue weighted by Gasteiger charge is -2.26. The summed E-state index contributed by atoms with van der Waals surface area (Å²) in [5.41, 5.74) is 12.6. The molecule has 0 amide bonds. The maximum absolute atomic E-state index is 14.7. The van der Waals surface area contributed by atoms with Crippen LogP contribution in [0.2, 0.25) is 0 Å². The third-order valence-electron chi connectivity index (χ3n) is 12.3. The molecule has 288 valence electrons. The highest BCUT2D eigenvalue weighted by atomic mass is 16.5. The van der Waals surface area contributed by atoms with Crippen molar-refractivity contribution >= 4 is 38.8 Å². The molecular weight excluding hydrogens is 725 g/mol. The van der Waals surface area contributed by atoms with Crippen molar-refractivity contribution in [2.24, 2.45) is 0 Å². The molecule has 6 nitrogen and oxygen atoms in total. The monoisotopic (exact) mass is 768 g/mol. The molecule has 0 aliphatic heterocycles. The number of ether oxygens (including phenoxy) is 1. The van der Waals surface area contributed by atoms with Crippen LogP contribution in [0.25, 0.3) is 55.5 Å². The van der Waals surface area contributed by atoms with Gasteiger partial charge < -0.3 is 9.30 Å². The number of aryl methyl sites for hydroxylation is 1. The molecular formula is C53H44N4O2. The number of hydrogen-bond acceptors (Lipinski definition) is 5. The van der Waals surface area contributed by atoms with Crippen molar-refractivity contribution in [3.8, 4) is 28.4 Å². The molecule has 3 heterocycles. The van der Waals surface area contributed by atoms with Gasteiger partial charge in [-0.15, -0.1) is 0 Å². The van der Waals surface area contributed by atoms with Gasteiger partial charge >= 0.3 is 5.97 Å². The van der Waals surface area contributed by atoms with Gasteiger partial charge in [0.15, 0.2) is 0 Å². The molecule has 6 aromatic carbocycles. The minimum Gasteiger partial charge on any atom is -0.423 e. The molecule has 6 heteroatoms. The average molecular weight is 769 g/mol. The van der Waals surface area contributed by atoms with Crippen LogP contribution in [0.4, 0.5) is 0 Å². The summed E-state index contributed by atoms with van der Waals surface area (Å²) in [7, 11) is 0. The maximum atomic E-state index is 14.7. The lowest BCUT2D eigenvalue weighted by atomic mass is 9.82. The number of benzene rings is 6. The fraction of sp³-hybridized carbons (Fsp3) is 0.170. The van der Waals surface area contributed by atoms with E-state index in [0.717, 1.165) is 85.0 Å². The summed E-state index contributed by atoms with van der Waals surface area (Å²) in [6.45, 7) is 4.37. The summed E-state index contributed by atoms with van der Waals surface area (Å²) < 4.78 is 8.74. The first-order valence-corrected chi connectivity index (χ1v) is 20.7. The largest absolute Gasteiger partial charge is 0.423 e. The van der Waals surface area contributed by atoms with Crippen LogP contribution in [0, 0.1) is 13.8 Å². The lowest BCUT2D eigenvalue weighted by Crippen LogP contribution is -2.16. The third kappa shape index (κ3) is 6.74. The molecule has 3 aromatic heterocycles. The van der Waals surface area contributed by atoms with Crippen LogP contribution in [0.3, 0.4) is 0 Å². The predicted octanol–water partition coefficient (Wildman–Crippen LogP) is 13.0. The fourth-order valence-electron chi connectivity index (χ4n) is 9.19. The second-order valence-corrected chi connectivity index (χ2v) is 15.8. The zero-order valence-electron chi connectivity index (χ0n) is 33.3. The van der Waals surface area contributed by atoms with Crippen molar-refractivity contribution in [2.45, 2.75) is 57.9 Å². The topological polar surface area (TPSA) is 69.9 Å². The Bertz CT molecular complexity index is 2950. The van der Waals surface area contributed by atoms with Gasteiger partial charge in [0.25, 0.3) is 0 Å². The van der Waals surface area contributed by atoms with Gasteiger partial charge in [-0.2, -0.15) is 0 Å². The van der Waals surface area contributed by atoms with Crippen LogP contribution in [0.5, 0.6) is 5.75 Å². The summed E-state index contributed by atoms with van der Waals surface area (Å²) in [4.78, 5) is 30.0. The number of rotatable bonds is 8. The van der Waals surface area contributed by atoms with Crippen molar-refractivity contribution in [3.63, 3.8) is 0 Å². The molecule has 1 fully saturated rings. The number of esters is 1. The molecule has 59 heavy (non-hydrogen) atoms. The molecule has 0 atom stereocenters. The Hall–Kier alpha value is -6.92. The summed E-state index contributed by atoms with van der Waals surface area (Å²) in [5, 5.41) is 2.02. The predicted molar refractivity (Wildman–Crippen MR) is 238 cm³/mol. The number of imidazole rings is 1. The molecule has 10 rings (SSSR count). The van der Waals surface area contributed by atoms with Crippen LogP contribution < -0.4 is 4.74 Å². The van der Waals surface area contributed by atoms with Crippen molar-refractivity contribution in [2.75, 3.05) is 0 Å². The number of carbonyl (C=O) groups is 1. The minimum atomic E-state index is -0.423. The number of hydrogen-bond donors (Lipinski definition) is 0. The molecule has 0 spiro atoms. The van der Waals surface area contributed by atoms with Gasteiger partial charge in [-0.05, 0) is 104 Å². The van der Waals surface area contributed by atoms with Crippen molar-refractivity contribution < 1.29 is 9.53 Å². The van der Waals surface area contributed by atoms with Gasteiger partial charge in [0.05, 0.1) is 33.3 Å². The number of carbonyl (C=O) groups excluding carboxylic acids is 1. The number of nitrogens with zero attached hydrogens (tertiary/aromatic N) is 4. The molecule has 9 aromatic rings. The van der Waals surface area contributed by atoms with Gasteiger partial charge in [-0.1, -0.05) is 116 Å². The lowest BCUT2D eigenvalue weighted by molar-refractivity contribution is 0.0734. The van der Waals surface area contributed by atoms with E-state index >= 15 is 0 Å². The highest BCUT2D eigenvalue weighted by molar-refractivity contribution is 6.00. The van der Waals surface area contributed by atoms with Crippen molar-refractivity contribution in [1.29, 1.82) is 0 Å². The number of pyridine rings is 2. The highest BCUT2D eigenvalue weighted by Gasteiger charge is 2.31. The Kier molecular flexibility index (Phi) is 9.53. The van der Waals surface area contributed by atoms with Gasteiger partial charge in [0.1, 0.15) is 11.6 Å². The van der Waals surface area contributed by atoms with Crippen LogP contribution in [-0.4, -0.2) is 25.5 Å². The zero-order chi connectivity index (χ0) is 39.9. The van der Waals surface area contributed by atoms with E-state index in [1.165, 1.54) is 30.4 Å². The second kappa shape index (κ2) is 15.4. The quantitative estimate of drug-likeness (QED) is 0.0874. The Balaban J connectivity index is 1.21. The van der Waals surface area contributed by atoms with E-state index in [0.29, 0.717) is 11.3 Å². The highest BCUT2D eigenvalue weighted by Crippen LogP contribution is 2.43. The van der Waals surface area contributed by atoms with Gasteiger partial charge in [0, 0.05) is 45.6 Å². The van der Waals surface area contributed by atoms with Crippen LogP contribution in [-0.2, 0) is 0 Å². The van der Waals surface area contributed by atoms with Gasteiger partial charge in [0.2, 0.25) is 0 Å². The Morgan fingerprint density at radius 2 is 1.36 bits per heavy atom. The van der Waals surface area contributed by atoms with E-state index in [-0.39, 0.29) is 12.0 Å². The van der Waals surface area contributed by atoms with E-state index in [4.69, 9.17) is 14.7 Å². The zero-order valence-corrected chi connectivity index (χ0v) is 33.3. The molecule has 0 N–H and O–H groups in total. The molecule has 1 aliphatic rings. The van der Waals surface area contributed by atoms with Crippen LogP contribution in [0.15, 0.2) is 158 Å². The first-order chi connectivity index (χ1) is 29.0. The average Bonchev–Trinajstić information content (AvgIpc) is 3.69. The first kappa shape index (κ1) is 36.4. The van der Waals surface area contributed by atoms with Crippen molar-refractivity contribution in [3.05, 3.63) is 191 Å². The third-order valence-corrected chi connectivity index (χ3v) is 12.3. The van der Waals surface area contributed by atoms with Gasteiger partial charge in [-0.3, -0.25) is 4.98 Å². The summed E-state index contributed by atoms with van der Waals surface area (Å²) >= 11 is 0. The molecule has 0 radical (unpaired) electrons. The normalized spacial score (nSPS) is 13.4. The van der Waals surface area contributed by atoms with E-state index in [1.807, 2.05) is 54.6 Å². The van der Waals surface area contributed by atoms with Crippen molar-refractivity contribution in [1.82, 2.24) is 19.5 Å². The van der Waals surface area contributed by atoms with E-state index in [2.05, 4.69) is 120 Å². The number of aromatic nitrogens is 4. The molecule has 1 aliphatic carbocycles. The van der Waals surface area contributed by atoms with Gasteiger partial charge in [-0.25, -0.2) is 14.8 Å². The summed E-state index contributed by atoms with van der Waals surface area (Å²) in [6.07, 6.45) is 7.48. The van der Waals surface area contributed by atoms with E-state index < -0.39 is 5.97 Å². The standard InChI is InChI=1S/C53H44N4O2/c1-34-35(2)50(38-20-11-5-12-21-38)55-46-28-25-40(33-44(34)46)52-56-51-47(57(52)41-23-13-6-14-24-41)30-27-43(53(58)59-42-26-29-45-39(32-42)22-15-31-54-45)49(51)48(36-16-7-3-8-17-36)37-18-9-4-10-19-37/h3-5,7-12,15-22,25-33,41,48H,6,13-14,23-24H2,1-2H3. The van der Waals surface area contributed by atoms with E-state index in [1.54, 1.807) is 6.20 Å².